The zero-order chi connectivity index (χ0) is 16.9. The van der Waals surface area contributed by atoms with E-state index in [9.17, 15) is 4.79 Å². The van der Waals surface area contributed by atoms with Crippen LogP contribution in [0.4, 0.5) is 5.13 Å². The smallest absolute Gasteiger partial charge is 0.266 e. The summed E-state index contributed by atoms with van der Waals surface area (Å²) in [6.07, 6.45) is -0.687. The topological polar surface area (TPSA) is 64.1 Å². The number of nitrogens with one attached hydrogen (secondary N) is 1. The number of hydrogen-bond donors (Lipinski definition) is 1. The van der Waals surface area contributed by atoms with Crippen LogP contribution in [0.15, 0.2) is 54.6 Å². The number of rotatable bonds is 5. The average Bonchev–Trinajstić information content (AvgIpc) is 3.04. The van der Waals surface area contributed by atoms with Gasteiger partial charge in [-0.2, -0.15) is 9.36 Å². The summed E-state index contributed by atoms with van der Waals surface area (Å²) in [5.74, 6) is 0.817. The number of halogens is 1. The molecule has 0 bridgehead atoms. The number of anilines is 1. The highest BCUT2D eigenvalue weighted by Gasteiger charge is 2.17. The Morgan fingerprint density at radius 1 is 1.21 bits per heavy atom. The van der Waals surface area contributed by atoms with Gasteiger partial charge in [-0.3, -0.25) is 10.1 Å². The lowest BCUT2D eigenvalue weighted by Gasteiger charge is -2.13. The highest BCUT2D eigenvalue weighted by atomic mass is 35.5. The van der Waals surface area contributed by atoms with Gasteiger partial charge in [0.2, 0.25) is 5.13 Å². The average molecular weight is 360 g/mol. The minimum absolute atomic E-state index is 0.300. The Kier molecular flexibility index (Phi) is 5.08. The lowest BCUT2D eigenvalue weighted by molar-refractivity contribution is -0.122. The van der Waals surface area contributed by atoms with Gasteiger partial charge in [0, 0.05) is 22.1 Å². The van der Waals surface area contributed by atoms with E-state index in [1.54, 1.807) is 31.2 Å². The van der Waals surface area contributed by atoms with Crippen LogP contribution in [0.1, 0.15) is 6.92 Å². The van der Waals surface area contributed by atoms with Gasteiger partial charge in [0.25, 0.3) is 5.91 Å². The van der Waals surface area contributed by atoms with Crippen molar-refractivity contribution in [2.24, 2.45) is 0 Å². The van der Waals surface area contributed by atoms with Crippen LogP contribution in [0.3, 0.4) is 0 Å². The van der Waals surface area contributed by atoms with Gasteiger partial charge in [-0.1, -0.05) is 48.0 Å². The van der Waals surface area contributed by atoms with Crippen molar-refractivity contribution in [3.63, 3.8) is 0 Å². The molecule has 1 aromatic heterocycles. The van der Waals surface area contributed by atoms with E-state index in [-0.39, 0.29) is 5.91 Å². The molecule has 5 nitrogen and oxygen atoms in total. The Hall–Kier alpha value is -2.44. The summed E-state index contributed by atoms with van der Waals surface area (Å²) in [6, 6.07) is 16.5. The first-order valence-corrected chi connectivity index (χ1v) is 8.39. The van der Waals surface area contributed by atoms with Crippen molar-refractivity contribution in [2.45, 2.75) is 13.0 Å². The minimum Gasteiger partial charge on any atom is -0.481 e. The van der Waals surface area contributed by atoms with Crippen molar-refractivity contribution in [2.75, 3.05) is 5.32 Å². The van der Waals surface area contributed by atoms with E-state index in [2.05, 4.69) is 14.7 Å². The molecular formula is C17H14ClN3O2S. The third-order valence-electron chi connectivity index (χ3n) is 3.17. The fraction of sp³-hybridized carbons (Fsp3) is 0.118. The summed E-state index contributed by atoms with van der Waals surface area (Å²) in [6.45, 7) is 1.66. The van der Waals surface area contributed by atoms with Gasteiger partial charge in [-0.15, -0.1) is 0 Å². The normalized spacial score (nSPS) is 11.8. The summed E-state index contributed by atoms with van der Waals surface area (Å²) in [7, 11) is 0. The molecule has 0 radical (unpaired) electrons. The fourth-order valence-corrected chi connectivity index (χ4v) is 2.76. The highest BCUT2D eigenvalue weighted by molar-refractivity contribution is 7.10. The maximum Gasteiger partial charge on any atom is 0.266 e. The lowest BCUT2D eigenvalue weighted by atomic mass is 10.2. The summed E-state index contributed by atoms with van der Waals surface area (Å²) >= 11 is 7.03. The first-order valence-electron chi connectivity index (χ1n) is 7.24. The molecule has 0 spiro atoms. The van der Waals surface area contributed by atoms with E-state index in [0.717, 1.165) is 17.1 Å². The molecule has 1 unspecified atom stereocenters. The molecule has 1 heterocycles. The molecule has 0 aliphatic rings. The third kappa shape index (κ3) is 4.10. The number of nitrogens with zero attached hydrogens (tertiary/aromatic N) is 2. The number of carbonyl (C=O) groups excluding carboxylic acids is 1. The number of aromatic nitrogens is 2. The second-order valence-corrected chi connectivity index (χ2v) is 6.18. The van der Waals surface area contributed by atoms with Gasteiger partial charge in [0.05, 0.1) is 0 Å². The maximum absolute atomic E-state index is 12.2. The van der Waals surface area contributed by atoms with Gasteiger partial charge in [0.1, 0.15) is 5.75 Å². The number of hydrogen-bond acceptors (Lipinski definition) is 5. The molecular weight excluding hydrogens is 346 g/mol. The maximum atomic E-state index is 12.2. The number of carbonyl (C=O) groups is 1. The van der Waals surface area contributed by atoms with Crippen LogP contribution >= 0.6 is 23.1 Å². The Morgan fingerprint density at radius 2 is 2.00 bits per heavy atom. The highest BCUT2D eigenvalue weighted by Crippen LogP contribution is 2.22. The molecule has 122 valence electrons. The van der Waals surface area contributed by atoms with Gasteiger partial charge < -0.3 is 4.74 Å². The van der Waals surface area contributed by atoms with Gasteiger partial charge in [0.15, 0.2) is 11.9 Å². The van der Waals surface area contributed by atoms with E-state index >= 15 is 0 Å². The summed E-state index contributed by atoms with van der Waals surface area (Å²) < 4.78 is 9.83. The standard InChI is InChI=1S/C17H14ClN3O2S/c1-11(23-14-9-5-8-13(18)10-14)16(22)20-17-19-15(21-24-17)12-6-3-2-4-7-12/h2-11H,1H3,(H,19,20,21,22). The fourth-order valence-electron chi connectivity index (χ4n) is 1.98. The zero-order valence-corrected chi connectivity index (χ0v) is 14.3. The van der Waals surface area contributed by atoms with Crippen molar-refractivity contribution >= 4 is 34.2 Å². The van der Waals surface area contributed by atoms with E-state index in [1.807, 2.05) is 30.3 Å². The van der Waals surface area contributed by atoms with Gasteiger partial charge in [-0.05, 0) is 25.1 Å². The second kappa shape index (κ2) is 7.42. The zero-order valence-electron chi connectivity index (χ0n) is 12.8. The van der Waals surface area contributed by atoms with Crippen LogP contribution in [0, 0.1) is 0 Å². The Balaban J connectivity index is 1.63. The van der Waals surface area contributed by atoms with Crippen molar-refractivity contribution in [1.29, 1.82) is 0 Å². The van der Waals surface area contributed by atoms with Crippen LogP contribution in [-0.4, -0.2) is 21.4 Å². The van der Waals surface area contributed by atoms with E-state index in [1.165, 1.54) is 0 Å². The Labute approximate surface area is 148 Å². The van der Waals surface area contributed by atoms with E-state index in [0.29, 0.717) is 21.7 Å². The van der Waals surface area contributed by atoms with E-state index in [4.69, 9.17) is 16.3 Å². The van der Waals surface area contributed by atoms with Crippen molar-refractivity contribution in [1.82, 2.24) is 9.36 Å². The molecule has 0 aliphatic heterocycles. The van der Waals surface area contributed by atoms with Crippen LogP contribution in [0.2, 0.25) is 5.02 Å². The molecule has 3 aromatic rings. The molecule has 0 saturated carbocycles. The second-order valence-electron chi connectivity index (χ2n) is 5.00. The first-order chi connectivity index (χ1) is 11.6. The van der Waals surface area contributed by atoms with Crippen molar-refractivity contribution < 1.29 is 9.53 Å². The minimum atomic E-state index is -0.687. The number of ether oxygens (including phenoxy) is 1. The molecule has 2 aromatic carbocycles. The Morgan fingerprint density at radius 3 is 2.75 bits per heavy atom. The predicted molar refractivity (Wildman–Crippen MR) is 95.5 cm³/mol. The molecule has 24 heavy (non-hydrogen) atoms. The van der Waals surface area contributed by atoms with Gasteiger partial charge in [-0.25, -0.2) is 0 Å². The number of benzene rings is 2. The van der Waals surface area contributed by atoms with Crippen LogP contribution < -0.4 is 10.1 Å². The monoisotopic (exact) mass is 359 g/mol. The van der Waals surface area contributed by atoms with E-state index < -0.39 is 6.10 Å². The van der Waals surface area contributed by atoms with Crippen molar-refractivity contribution in [3.8, 4) is 17.1 Å². The van der Waals surface area contributed by atoms with Crippen LogP contribution in [0.5, 0.6) is 5.75 Å². The Bertz CT molecular complexity index is 839. The quantitative estimate of drug-likeness (QED) is 0.739. The van der Waals surface area contributed by atoms with Crippen LogP contribution in [-0.2, 0) is 4.79 Å². The molecule has 0 saturated heterocycles. The molecule has 1 N–H and O–H groups in total. The van der Waals surface area contributed by atoms with Crippen molar-refractivity contribution in [3.05, 3.63) is 59.6 Å². The SMILES string of the molecule is CC(Oc1cccc(Cl)c1)C(=O)Nc1nc(-c2ccccc2)ns1. The summed E-state index contributed by atoms with van der Waals surface area (Å²) in [4.78, 5) is 16.5. The lowest BCUT2D eigenvalue weighted by Crippen LogP contribution is -2.30. The van der Waals surface area contributed by atoms with Crippen LogP contribution in [0.25, 0.3) is 11.4 Å². The predicted octanol–water partition coefficient (Wildman–Crippen LogP) is 4.26. The van der Waals surface area contributed by atoms with Gasteiger partial charge >= 0.3 is 0 Å². The molecule has 3 rings (SSSR count). The molecule has 1 amide bonds. The molecule has 1 atom stereocenters. The summed E-state index contributed by atoms with van der Waals surface area (Å²) in [5, 5.41) is 3.70. The molecule has 0 aliphatic carbocycles. The molecule has 7 heteroatoms. The largest absolute Gasteiger partial charge is 0.481 e. The third-order valence-corrected chi connectivity index (χ3v) is 4.03. The molecule has 0 fully saturated rings. The number of amides is 1. The first kappa shape index (κ1) is 16.4. The summed E-state index contributed by atoms with van der Waals surface area (Å²) in [5.41, 5.74) is 0.900.